The minimum atomic E-state index is 0.00732. The van der Waals surface area contributed by atoms with Gasteiger partial charge in [0.2, 0.25) is 0 Å². The molecule has 102 valence electrons. The Morgan fingerprint density at radius 1 is 1.32 bits per heavy atom. The predicted molar refractivity (Wildman–Crippen MR) is 77.4 cm³/mol. The second-order valence-electron chi connectivity index (χ2n) is 5.82. The van der Waals surface area contributed by atoms with Crippen LogP contribution in [0.2, 0.25) is 0 Å². The molecule has 19 heavy (non-hydrogen) atoms. The maximum absolute atomic E-state index is 9.48. The Hall–Kier alpha value is -1.97. The Morgan fingerprint density at radius 3 is 2.63 bits per heavy atom. The van der Waals surface area contributed by atoms with Crippen molar-refractivity contribution in [1.29, 1.82) is 0 Å². The molecule has 1 aromatic carbocycles. The fourth-order valence-electron chi connectivity index (χ4n) is 1.79. The Bertz CT molecular complexity index is 567. The van der Waals surface area contributed by atoms with Gasteiger partial charge in [0.1, 0.15) is 5.75 Å². The monoisotopic (exact) mass is 259 g/mol. The molecule has 4 nitrogen and oxygen atoms in total. The molecule has 0 spiro atoms. The lowest BCUT2D eigenvalue weighted by Gasteiger charge is -2.18. The van der Waals surface area contributed by atoms with E-state index < -0.39 is 0 Å². The van der Waals surface area contributed by atoms with Gasteiger partial charge in [0.05, 0.1) is 11.7 Å². The molecule has 0 aliphatic heterocycles. The molecule has 0 aliphatic carbocycles. The summed E-state index contributed by atoms with van der Waals surface area (Å²) in [5.74, 6) is 0.325. The Kier molecular flexibility index (Phi) is 3.51. The van der Waals surface area contributed by atoms with Crippen molar-refractivity contribution in [2.75, 3.05) is 5.32 Å². The first-order valence-electron chi connectivity index (χ1n) is 6.44. The lowest BCUT2D eigenvalue weighted by molar-refractivity contribution is 0.355. The van der Waals surface area contributed by atoms with Crippen molar-refractivity contribution < 1.29 is 5.11 Å². The fraction of sp³-hybridized carbons (Fsp3) is 0.400. The molecular weight excluding hydrogens is 238 g/mol. The van der Waals surface area contributed by atoms with Crippen LogP contribution in [0.15, 0.2) is 30.6 Å². The third-order valence-electron chi connectivity index (χ3n) is 3.02. The maximum Gasteiger partial charge on any atom is 0.118 e. The molecule has 0 bridgehead atoms. The average Bonchev–Trinajstić information content (AvgIpc) is 2.79. The minimum Gasteiger partial charge on any atom is -0.508 e. The molecule has 0 aliphatic rings. The molecule has 0 unspecified atom stereocenters. The van der Waals surface area contributed by atoms with E-state index in [9.17, 15) is 5.11 Å². The van der Waals surface area contributed by atoms with Crippen LogP contribution in [0, 0.1) is 6.92 Å². The standard InChI is InChI=1S/C15H21N3O/c1-11-7-13(5-6-14(11)19)16-8-12-9-17-18(10-12)15(2,3)4/h5-7,9-10,16,19H,8H2,1-4H3. The summed E-state index contributed by atoms with van der Waals surface area (Å²) in [6, 6.07) is 5.51. The zero-order valence-electron chi connectivity index (χ0n) is 11.9. The van der Waals surface area contributed by atoms with Crippen LogP contribution in [-0.2, 0) is 12.1 Å². The van der Waals surface area contributed by atoms with Gasteiger partial charge in [-0.3, -0.25) is 4.68 Å². The molecule has 0 saturated carbocycles. The summed E-state index contributed by atoms with van der Waals surface area (Å²) in [4.78, 5) is 0. The molecule has 2 N–H and O–H groups in total. The van der Waals surface area contributed by atoms with Crippen molar-refractivity contribution in [3.63, 3.8) is 0 Å². The Balaban J connectivity index is 2.02. The molecule has 2 aromatic rings. The van der Waals surface area contributed by atoms with Gasteiger partial charge in [-0.15, -0.1) is 0 Å². The number of anilines is 1. The van der Waals surface area contributed by atoms with Gasteiger partial charge in [0.25, 0.3) is 0 Å². The number of hydrogen-bond donors (Lipinski definition) is 2. The average molecular weight is 259 g/mol. The van der Waals surface area contributed by atoms with Gasteiger partial charge in [-0.05, 0) is 51.5 Å². The molecule has 0 saturated heterocycles. The Morgan fingerprint density at radius 2 is 2.05 bits per heavy atom. The lowest BCUT2D eigenvalue weighted by atomic mass is 10.1. The molecule has 4 heteroatoms. The number of nitrogens with one attached hydrogen (secondary N) is 1. The largest absolute Gasteiger partial charge is 0.508 e. The van der Waals surface area contributed by atoms with E-state index in [2.05, 4.69) is 37.4 Å². The predicted octanol–water partition coefficient (Wildman–Crippen LogP) is 3.26. The fourth-order valence-corrected chi connectivity index (χ4v) is 1.79. The quantitative estimate of drug-likeness (QED) is 0.832. The highest BCUT2D eigenvalue weighted by molar-refractivity contribution is 5.50. The lowest BCUT2D eigenvalue weighted by Crippen LogP contribution is -2.21. The number of nitrogens with zero attached hydrogens (tertiary/aromatic N) is 2. The van der Waals surface area contributed by atoms with Gasteiger partial charge >= 0.3 is 0 Å². The molecule has 0 amide bonds. The normalized spacial score (nSPS) is 11.6. The van der Waals surface area contributed by atoms with Gasteiger partial charge in [-0.2, -0.15) is 5.10 Å². The molecule has 2 rings (SSSR count). The van der Waals surface area contributed by atoms with E-state index in [-0.39, 0.29) is 5.54 Å². The summed E-state index contributed by atoms with van der Waals surface area (Å²) in [5, 5.41) is 17.2. The summed E-state index contributed by atoms with van der Waals surface area (Å²) in [6.07, 6.45) is 3.94. The maximum atomic E-state index is 9.48. The van der Waals surface area contributed by atoms with Crippen LogP contribution in [-0.4, -0.2) is 14.9 Å². The van der Waals surface area contributed by atoms with Crippen LogP contribution >= 0.6 is 0 Å². The van der Waals surface area contributed by atoms with E-state index in [1.165, 1.54) is 0 Å². The van der Waals surface area contributed by atoms with Crippen LogP contribution in [0.4, 0.5) is 5.69 Å². The van der Waals surface area contributed by atoms with E-state index in [4.69, 9.17) is 0 Å². The van der Waals surface area contributed by atoms with E-state index in [0.29, 0.717) is 5.75 Å². The van der Waals surface area contributed by atoms with Crippen LogP contribution in [0.5, 0.6) is 5.75 Å². The number of aryl methyl sites for hydroxylation is 1. The van der Waals surface area contributed by atoms with Crippen molar-refractivity contribution >= 4 is 5.69 Å². The Labute approximate surface area is 114 Å². The first kappa shape index (κ1) is 13.5. The van der Waals surface area contributed by atoms with Crippen molar-refractivity contribution in [3.8, 4) is 5.75 Å². The van der Waals surface area contributed by atoms with Crippen LogP contribution in [0.1, 0.15) is 31.9 Å². The molecule has 1 heterocycles. The van der Waals surface area contributed by atoms with Crippen molar-refractivity contribution in [2.24, 2.45) is 0 Å². The summed E-state index contributed by atoms with van der Waals surface area (Å²) in [5.41, 5.74) is 3.02. The number of phenolic OH excluding ortho intramolecular Hbond substituents is 1. The molecule has 0 radical (unpaired) electrons. The number of phenols is 1. The van der Waals surface area contributed by atoms with E-state index >= 15 is 0 Å². The first-order chi connectivity index (χ1) is 8.86. The second-order valence-corrected chi connectivity index (χ2v) is 5.82. The zero-order valence-corrected chi connectivity index (χ0v) is 11.9. The van der Waals surface area contributed by atoms with Crippen molar-refractivity contribution in [3.05, 3.63) is 41.7 Å². The highest BCUT2D eigenvalue weighted by Crippen LogP contribution is 2.21. The van der Waals surface area contributed by atoms with E-state index in [1.807, 2.05) is 29.9 Å². The highest BCUT2D eigenvalue weighted by Gasteiger charge is 2.13. The first-order valence-corrected chi connectivity index (χ1v) is 6.44. The van der Waals surface area contributed by atoms with Crippen LogP contribution in [0.3, 0.4) is 0 Å². The molecule has 0 fully saturated rings. The highest BCUT2D eigenvalue weighted by atomic mass is 16.3. The second kappa shape index (κ2) is 4.96. The van der Waals surface area contributed by atoms with Crippen LogP contribution in [0.25, 0.3) is 0 Å². The van der Waals surface area contributed by atoms with Gasteiger partial charge in [0.15, 0.2) is 0 Å². The number of aromatic nitrogens is 2. The third kappa shape index (κ3) is 3.28. The van der Waals surface area contributed by atoms with E-state index in [1.54, 1.807) is 6.07 Å². The van der Waals surface area contributed by atoms with Gasteiger partial charge in [-0.25, -0.2) is 0 Å². The number of aromatic hydroxyl groups is 1. The van der Waals surface area contributed by atoms with Crippen molar-refractivity contribution in [1.82, 2.24) is 9.78 Å². The van der Waals surface area contributed by atoms with Gasteiger partial charge < -0.3 is 10.4 Å². The third-order valence-corrected chi connectivity index (χ3v) is 3.02. The van der Waals surface area contributed by atoms with Gasteiger partial charge in [0, 0.05) is 24.0 Å². The number of rotatable bonds is 3. The number of benzene rings is 1. The number of hydrogen-bond acceptors (Lipinski definition) is 3. The van der Waals surface area contributed by atoms with E-state index in [0.717, 1.165) is 23.4 Å². The zero-order chi connectivity index (χ0) is 14.0. The van der Waals surface area contributed by atoms with Gasteiger partial charge in [-0.1, -0.05) is 0 Å². The summed E-state index contributed by atoms with van der Waals surface area (Å²) in [7, 11) is 0. The minimum absolute atomic E-state index is 0.00732. The topological polar surface area (TPSA) is 50.1 Å². The summed E-state index contributed by atoms with van der Waals surface area (Å²) >= 11 is 0. The van der Waals surface area contributed by atoms with Crippen molar-refractivity contribution in [2.45, 2.75) is 39.8 Å². The molecular formula is C15H21N3O. The summed E-state index contributed by atoms with van der Waals surface area (Å²) < 4.78 is 1.96. The molecule has 1 aromatic heterocycles. The molecule has 0 atom stereocenters. The van der Waals surface area contributed by atoms with Crippen LogP contribution < -0.4 is 5.32 Å². The smallest absolute Gasteiger partial charge is 0.118 e. The SMILES string of the molecule is Cc1cc(NCc2cnn(C(C)(C)C)c2)ccc1O. The summed E-state index contributed by atoms with van der Waals surface area (Å²) in [6.45, 7) is 8.99.